The van der Waals surface area contributed by atoms with Crippen LogP contribution in [0.15, 0.2) is 24.3 Å². The van der Waals surface area contributed by atoms with Crippen molar-refractivity contribution in [3.63, 3.8) is 0 Å². The highest BCUT2D eigenvalue weighted by molar-refractivity contribution is 6.40. The molecular formula is C19H30BClN2O4. The molecule has 4 N–H and O–H groups in total. The van der Waals surface area contributed by atoms with Gasteiger partial charge in [-0.1, -0.05) is 36.6 Å². The van der Waals surface area contributed by atoms with Crippen molar-refractivity contribution < 1.29 is 19.6 Å². The fourth-order valence-electron chi connectivity index (χ4n) is 3.45. The van der Waals surface area contributed by atoms with Gasteiger partial charge in [-0.3, -0.25) is 0 Å². The standard InChI is InChI=1S/C18H30BClN2O2.CO2/c20-17-6-4-15(5-7-17)16-8-12-22(13-9-16)14-10-18(21)3-1-2-11-19(23)24;2-1-3/h4-7,16,18,23-24H,1-3,8-14,21H2;. The average molecular weight is 397 g/mol. The molecule has 0 aromatic heterocycles. The van der Waals surface area contributed by atoms with Gasteiger partial charge in [0.05, 0.1) is 0 Å². The smallest absolute Gasteiger partial charge is 0.427 e. The van der Waals surface area contributed by atoms with Crippen LogP contribution in [-0.4, -0.2) is 53.9 Å². The van der Waals surface area contributed by atoms with Crippen molar-refractivity contribution in [1.82, 2.24) is 4.90 Å². The van der Waals surface area contributed by atoms with Gasteiger partial charge >= 0.3 is 13.3 Å². The summed E-state index contributed by atoms with van der Waals surface area (Å²) >= 11 is 5.96. The van der Waals surface area contributed by atoms with Crippen LogP contribution in [-0.2, 0) is 9.59 Å². The number of hydrogen-bond donors (Lipinski definition) is 3. The van der Waals surface area contributed by atoms with E-state index in [0.717, 1.165) is 50.3 Å². The van der Waals surface area contributed by atoms with Crippen LogP contribution in [0, 0.1) is 0 Å². The predicted octanol–water partition coefficient (Wildman–Crippen LogP) is 2.30. The number of rotatable bonds is 9. The van der Waals surface area contributed by atoms with Crippen LogP contribution in [0.1, 0.15) is 50.0 Å². The maximum atomic E-state index is 8.82. The van der Waals surface area contributed by atoms with Crippen LogP contribution < -0.4 is 5.73 Å². The fraction of sp³-hybridized carbons (Fsp3) is 0.632. The zero-order chi connectivity index (χ0) is 20.1. The molecule has 150 valence electrons. The monoisotopic (exact) mass is 396 g/mol. The molecule has 0 aliphatic carbocycles. The molecule has 1 aliphatic rings. The number of carbonyl (C=O) groups excluding carboxylic acids is 2. The Hall–Kier alpha value is -1.21. The van der Waals surface area contributed by atoms with Gasteiger partial charge in [0.25, 0.3) is 0 Å². The number of nitrogens with zero attached hydrogens (tertiary/aromatic N) is 1. The Bertz CT molecular complexity index is 545. The highest BCUT2D eigenvalue weighted by Crippen LogP contribution is 2.28. The van der Waals surface area contributed by atoms with Gasteiger partial charge in [-0.25, -0.2) is 0 Å². The number of piperidine rings is 1. The molecule has 1 saturated heterocycles. The third-order valence-corrected chi connectivity index (χ3v) is 5.28. The molecule has 6 nitrogen and oxygen atoms in total. The Morgan fingerprint density at radius 1 is 1.15 bits per heavy atom. The van der Waals surface area contributed by atoms with Gasteiger partial charge in [0.2, 0.25) is 0 Å². The van der Waals surface area contributed by atoms with E-state index in [1.165, 1.54) is 18.4 Å². The molecular weight excluding hydrogens is 366 g/mol. The summed E-state index contributed by atoms with van der Waals surface area (Å²) in [5, 5.41) is 18.4. The molecule has 0 spiro atoms. The van der Waals surface area contributed by atoms with Gasteiger partial charge in [0.15, 0.2) is 0 Å². The summed E-state index contributed by atoms with van der Waals surface area (Å²) in [6.07, 6.45) is 6.89. The number of nitrogens with two attached hydrogens (primary N) is 1. The van der Waals surface area contributed by atoms with Gasteiger partial charge in [-0.15, -0.1) is 0 Å². The first-order valence-electron chi connectivity index (χ1n) is 9.55. The minimum Gasteiger partial charge on any atom is -0.427 e. The second-order valence-electron chi connectivity index (χ2n) is 7.06. The lowest BCUT2D eigenvalue weighted by Gasteiger charge is -2.32. The van der Waals surface area contributed by atoms with Gasteiger partial charge in [-0.2, -0.15) is 9.59 Å². The topological polar surface area (TPSA) is 104 Å². The van der Waals surface area contributed by atoms with Crippen molar-refractivity contribution in [2.24, 2.45) is 5.73 Å². The summed E-state index contributed by atoms with van der Waals surface area (Å²) in [5.41, 5.74) is 7.58. The van der Waals surface area contributed by atoms with E-state index in [4.69, 9.17) is 37.0 Å². The molecule has 0 saturated carbocycles. The summed E-state index contributed by atoms with van der Waals surface area (Å²) in [6, 6.07) is 8.50. The Balaban J connectivity index is 0.00000114. The molecule has 1 unspecified atom stereocenters. The van der Waals surface area contributed by atoms with Gasteiger partial charge in [0.1, 0.15) is 0 Å². The first kappa shape index (κ1) is 23.8. The molecule has 1 aromatic carbocycles. The molecule has 0 amide bonds. The normalized spacial score (nSPS) is 16.1. The van der Waals surface area contributed by atoms with Crippen LogP contribution in [0.25, 0.3) is 0 Å². The second kappa shape index (κ2) is 13.9. The Morgan fingerprint density at radius 2 is 1.74 bits per heavy atom. The third kappa shape index (κ3) is 10.6. The number of likely N-dealkylation sites (tertiary alicyclic amines) is 1. The largest absolute Gasteiger partial charge is 0.451 e. The Labute approximate surface area is 166 Å². The molecule has 1 aromatic rings. The highest BCUT2D eigenvalue weighted by Gasteiger charge is 2.20. The summed E-state index contributed by atoms with van der Waals surface area (Å²) in [4.78, 5) is 18.8. The first-order chi connectivity index (χ1) is 13.0. The van der Waals surface area contributed by atoms with Crippen molar-refractivity contribution in [1.29, 1.82) is 0 Å². The highest BCUT2D eigenvalue weighted by atomic mass is 35.5. The molecule has 2 rings (SSSR count). The quantitative estimate of drug-likeness (QED) is 0.437. The number of hydrogen-bond acceptors (Lipinski definition) is 6. The fourth-order valence-corrected chi connectivity index (χ4v) is 3.58. The molecule has 8 heteroatoms. The lowest BCUT2D eigenvalue weighted by atomic mass is 9.83. The number of unbranched alkanes of at least 4 members (excludes halogenated alkanes) is 1. The van der Waals surface area contributed by atoms with Crippen LogP contribution in [0.3, 0.4) is 0 Å². The van der Waals surface area contributed by atoms with E-state index in [2.05, 4.69) is 17.0 Å². The Kier molecular flexibility index (Phi) is 12.3. The van der Waals surface area contributed by atoms with E-state index in [1.54, 1.807) is 0 Å². The van der Waals surface area contributed by atoms with Crippen molar-refractivity contribution in [2.75, 3.05) is 19.6 Å². The Morgan fingerprint density at radius 3 is 2.30 bits per heavy atom. The maximum Gasteiger partial charge on any atom is 0.451 e. The maximum absolute atomic E-state index is 8.82. The van der Waals surface area contributed by atoms with Crippen molar-refractivity contribution in [3.05, 3.63) is 34.9 Å². The van der Waals surface area contributed by atoms with Crippen LogP contribution >= 0.6 is 11.6 Å². The third-order valence-electron chi connectivity index (χ3n) is 5.03. The minimum absolute atomic E-state index is 0.217. The zero-order valence-corrected chi connectivity index (χ0v) is 16.5. The number of halogens is 1. The molecule has 1 atom stereocenters. The van der Waals surface area contributed by atoms with Crippen LogP contribution in [0.4, 0.5) is 0 Å². The van der Waals surface area contributed by atoms with E-state index in [9.17, 15) is 0 Å². The van der Waals surface area contributed by atoms with Gasteiger partial charge in [-0.05, 0) is 75.3 Å². The van der Waals surface area contributed by atoms with E-state index in [1.807, 2.05) is 12.1 Å². The van der Waals surface area contributed by atoms with E-state index < -0.39 is 7.12 Å². The van der Waals surface area contributed by atoms with Crippen LogP contribution in [0.5, 0.6) is 0 Å². The average Bonchev–Trinajstić information content (AvgIpc) is 2.65. The van der Waals surface area contributed by atoms with E-state index in [0.29, 0.717) is 12.2 Å². The lowest BCUT2D eigenvalue weighted by Crippen LogP contribution is -2.36. The lowest BCUT2D eigenvalue weighted by molar-refractivity contribution is -0.191. The summed E-state index contributed by atoms with van der Waals surface area (Å²) in [7, 11) is -1.18. The second-order valence-corrected chi connectivity index (χ2v) is 7.50. The van der Waals surface area contributed by atoms with Crippen LogP contribution in [0.2, 0.25) is 11.3 Å². The zero-order valence-electron chi connectivity index (χ0n) is 15.7. The van der Waals surface area contributed by atoms with E-state index >= 15 is 0 Å². The summed E-state index contributed by atoms with van der Waals surface area (Å²) < 4.78 is 0. The van der Waals surface area contributed by atoms with Gasteiger partial charge < -0.3 is 20.7 Å². The molecule has 1 aliphatic heterocycles. The molecule has 27 heavy (non-hydrogen) atoms. The SMILES string of the molecule is NC(CCCCB(O)O)CCN1CCC(c2ccc(Cl)cc2)CC1.O=C=O. The summed E-state index contributed by atoms with van der Waals surface area (Å²) in [6.45, 7) is 3.34. The molecule has 0 bridgehead atoms. The molecule has 1 fully saturated rings. The van der Waals surface area contributed by atoms with E-state index in [-0.39, 0.29) is 12.2 Å². The summed E-state index contributed by atoms with van der Waals surface area (Å²) in [5.74, 6) is 0.650. The number of benzene rings is 1. The van der Waals surface area contributed by atoms with Crippen molar-refractivity contribution in [3.8, 4) is 0 Å². The minimum atomic E-state index is -1.18. The molecule has 1 heterocycles. The molecule has 0 radical (unpaired) electrons. The predicted molar refractivity (Wildman–Crippen MR) is 106 cm³/mol. The van der Waals surface area contributed by atoms with Gasteiger partial charge in [0, 0.05) is 11.1 Å². The van der Waals surface area contributed by atoms with Crippen molar-refractivity contribution >= 4 is 24.9 Å². The van der Waals surface area contributed by atoms with Crippen molar-refractivity contribution in [2.45, 2.75) is 56.8 Å². The first-order valence-corrected chi connectivity index (χ1v) is 9.92.